The van der Waals surface area contributed by atoms with Crippen molar-refractivity contribution in [3.63, 3.8) is 0 Å². The molecule has 1 N–H and O–H groups in total. The van der Waals surface area contributed by atoms with Gasteiger partial charge in [0.2, 0.25) is 15.9 Å². The Bertz CT molecular complexity index is 1110. The number of rotatable bonds is 7. The van der Waals surface area contributed by atoms with Crippen LogP contribution in [-0.2, 0) is 14.8 Å². The number of halogens is 1. The van der Waals surface area contributed by atoms with E-state index in [0.717, 1.165) is 20.6 Å². The number of nitrogens with zero attached hydrogens (tertiary/aromatic N) is 2. The average Bonchev–Trinajstić information content (AvgIpc) is 3.13. The number of thiazole rings is 1. The molecule has 0 saturated carbocycles. The lowest BCUT2D eigenvalue weighted by Gasteiger charge is -2.20. The molecule has 0 unspecified atom stereocenters. The maximum absolute atomic E-state index is 12.8. The lowest BCUT2D eigenvalue weighted by atomic mass is 10.1. The highest BCUT2D eigenvalue weighted by Crippen LogP contribution is 2.24. The van der Waals surface area contributed by atoms with Crippen LogP contribution in [0.1, 0.15) is 11.9 Å². The molecule has 1 amide bonds. The molecule has 0 saturated heterocycles. The van der Waals surface area contributed by atoms with E-state index in [1.165, 1.54) is 24.3 Å². The summed E-state index contributed by atoms with van der Waals surface area (Å²) in [5, 5.41) is 6.12. The summed E-state index contributed by atoms with van der Waals surface area (Å²) in [6.07, 6.45) is 0. The fourth-order valence-electron chi connectivity index (χ4n) is 2.74. The topological polar surface area (TPSA) is 79.4 Å². The third-order valence-corrected chi connectivity index (χ3v) is 7.15. The first-order valence-electron chi connectivity index (χ1n) is 8.87. The number of hydrogen-bond donors (Lipinski definition) is 1. The molecule has 1 aromatic heterocycles. The number of aromatic nitrogens is 1. The van der Waals surface area contributed by atoms with Gasteiger partial charge >= 0.3 is 0 Å². The summed E-state index contributed by atoms with van der Waals surface area (Å²) in [5.74, 6) is -0.420. The van der Waals surface area contributed by atoms with Gasteiger partial charge in [-0.25, -0.2) is 13.4 Å². The van der Waals surface area contributed by atoms with Gasteiger partial charge in [-0.3, -0.25) is 4.79 Å². The third-order valence-electron chi connectivity index (χ3n) is 4.19. The molecule has 0 aliphatic rings. The molecule has 0 spiro atoms. The summed E-state index contributed by atoms with van der Waals surface area (Å²) in [5.41, 5.74) is 2.30. The summed E-state index contributed by atoms with van der Waals surface area (Å²) < 4.78 is 26.7. The lowest BCUT2D eigenvalue weighted by molar-refractivity contribution is -0.116. The first kappa shape index (κ1) is 21.4. The molecular weight excluding hydrogens is 430 g/mol. The first-order chi connectivity index (χ1) is 13.8. The van der Waals surface area contributed by atoms with E-state index in [-0.39, 0.29) is 18.0 Å². The standard InChI is InChI=1S/C20H20ClN3O3S2/c1-3-24(29(26,27)18-9-7-16(21)8-10-18)12-20(25)23-17-6-4-5-15(11-17)19-13-28-14(2)22-19/h4-11,13H,3,12H2,1-2H3,(H,23,25). The Morgan fingerprint density at radius 3 is 2.55 bits per heavy atom. The molecule has 9 heteroatoms. The van der Waals surface area contributed by atoms with Crippen LogP contribution in [0.15, 0.2) is 58.8 Å². The van der Waals surface area contributed by atoms with E-state index in [9.17, 15) is 13.2 Å². The first-order valence-corrected chi connectivity index (χ1v) is 11.6. The fraction of sp³-hybridized carbons (Fsp3) is 0.200. The van der Waals surface area contributed by atoms with Crippen molar-refractivity contribution >= 4 is 44.6 Å². The van der Waals surface area contributed by atoms with Crippen LogP contribution < -0.4 is 5.32 Å². The molecule has 29 heavy (non-hydrogen) atoms. The number of benzene rings is 2. The van der Waals surface area contributed by atoms with Crippen LogP contribution in [0.4, 0.5) is 5.69 Å². The summed E-state index contributed by atoms with van der Waals surface area (Å²) in [6.45, 7) is 3.49. The zero-order valence-electron chi connectivity index (χ0n) is 15.9. The molecule has 6 nitrogen and oxygen atoms in total. The van der Waals surface area contributed by atoms with Crippen LogP contribution in [-0.4, -0.2) is 36.7 Å². The maximum atomic E-state index is 12.8. The number of hydrogen-bond acceptors (Lipinski definition) is 5. The molecule has 0 aliphatic heterocycles. The van der Waals surface area contributed by atoms with E-state index < -0.39 is 15.9 Å². The minimum atomic E-state index is -3.80. The van der Waals surface area contributed by atoms with Crippen molar-refractivity contribution in [3.8, 4) is 11.3 Å². The molecule has 2 aromatic carbocycles. The van der Waals surface area contributed by atoms with Gasteiger partial charge in [-0.2, -0.15) is 4.31 Å². The van der Waals surface area contributed by atoms with Crippen LogP contribution in [0.5, 0.6) is 0 Å². The van der Waals surface area contributed by atoms with Gasteiger partial charge in [-0.15, -0.1) is 11.3 Å². The number of sulfonamides is 1. The molecule has 0 fully saturated rings. The van der Waals surface area contributed by atoms with E-state index >= 15 is 0 Å². The van der Waals surface area contributed by atoms with Crippen LogP contribution in [0.3, 0.4) is 0 Å². The maximum Gasteiger partial charge on any atom is 0.243 e. The Balaban J connectivity index is 1.73. The average molecular weight is 450 g/mol. The zero-order chi connectivity index (χ0) is 21.0. The van der Waals surface area contributed by atoms with Gasteiger partial charge in [0.05, 0.1) is 22.1 Å². The Hall–Kier alpha value is -2.26. The third kappa shape index (κ3) is 5.22. The fourth-order valence-corrected chi connectivity index (χ4v) is 4.89. The normalized spacial score (nSPS) is 11.6. The van der Waals surface area contributed by atoms with Gasteiger partial charge < -0.3 is 5.32 Å². The van der Waals surface area contributed by atoms with Crippen molar-refractivity contribution in [2.75, 3.05) is 18.4 Å². The quantitative estimate of drug-likeness (QED) is 0.579. The van der Waals surface area contributed by atoms with Gasteiger partial charge in [-0.1, -0.05) is 30.7 Å². The van der Waals surface area contributed by atoms with Gasteiger partial charge in [0.1, 0.15) is 0 Å². The smallest absolute Gasteiger partial charge is 0.243 e. The number of carbonyl (C=O) groups excluding carboxylic acids is 1. The number of carbonyl (C=O) groups is 1. The van der Waals surface area contributed by atoms with E-state index in [4.69, 9.17) is 11.6 Å². The summed E-state index contributed by atoms with van der Waals surface area (Å²) in [7, 11) is -3.80. The minimum Gasteiger partial charge on any atom is -0.325 e. The van der Waals surface area contributed by atoms with E-state index in [2.05, 4.69) is 10.3 Å². The van der Waals surface area contributed by atoms with E-state index in [0.29, 0.717) is 10.7 Å². The SMILES string of the molecule is CCN(CC(=O)Nc1cccc(-c2csc(C)n2)c1)S(=O)(=O)c1ccc(Cl)cc1. The Morgan fingerprint density at radius 1 is 1.21 bits per heavy atom. The van der Waals surface area contributed by atoms with Gasteiger partial charge in [0.25, 0.3) is 0 Å². The summed E-state index contributed by atoms with van der Waals surface area (Å²) >= 11 is 7.38. The number of anilines is 1. The van der Waals surface area contributed by atoms with Crippen molar-refractivity contribution < 1.29 is 13.2 Å². The Kier molecular flexibility index (Phi) is 6.69. The molecule has 1 heterocycles. The predicted molar refractivity (Wildman–Crippen MR) is 117 cm³/mol. The number of amides is 1. The number of aryl methyl sites for hydroxylation is 1. The molecule has 0 radical (unpaired) electrons. The Morgan fingerprint density at radius 2 is 1.93 bits per heavy atom. The van der Waals surface area contributed by atoms with Gasteiger partial charge in [0.15, 0.2) is 0 Å². The van der Waals surface area contributed by atoms with Gasteiger partial charge in [-0.05, 0) is 43.3 Å². The molecule has 0 aliphatic carbocycles. The van der Waals surface area contributed by atoms with E-state index in [1.54, 1.807) is 24.3 Å². The monoisotopic (exact) mass is 449 g/mol. The molecule has 0 bridgehead atoms. The van der Waals surface area contributed by atoms with Crippen molar-refractivity contribution in [3.05, 3.63) is 63.9 Å². The lowest BCUT2D eigenvalue weighted by Crippen LogP contribution is -2.37. The second kappa shape index (κ2) is 9.04. The van der Waals surface area contributed by atoms with Crippen molar-refractivity contribution in [2.24, 2.45) is 0 Å². The largest absolute Gasteiger partial charge is 0.325 e. The molecule has 152 valence electrons. The highest BCUT2D eigenvalue weighted by molar-refractivity contribution is 7.89. The molecular formula is C20H20ClN3O3S2. The van der Waals surface area contributed by atoms with Crippen LogP contribution >= 0.6 is 22.9 Å². The second-order valence-electron chi connectivity index (χ2n) is 6.27. The van der Waals surface area contributed by atoms with Crippen LogP contribution in [0, 0.1) is 6.92 Å². The highest BCUT2D eigenvalue weighted by Gasteiger charge is 2.25. The van der Waals surface area contributed by atoms with E-state index in [1.807, 2.05) is 30.5 Å². The van der Waals surface area contributed by atoms with Crippen molar-refractivity contribution in [1.29, 1.82) is 0 Å². The molecule has 3 aromatic rings. The van der Waals surface area contributed by atoms with Crippen LogP contribution in [0.2, 0.25) is 5.02 Å². The molecule has 3 rings (SSSR count). The molecule has 0 atom stereocenters. The van der Waals surface area contributed by atoms with Crippen molar-refractivity contribution in [1.82, 2.24) is 9.29 Å². The summed E-state index contributed by atoms with van der Waals surface area (Å²) in [4.78, 5) is 17.1. The number of nitrogens with one attached hydrogen (secondary N) is 1. The zero-order valence-corrected chi connectivity index (χ0v) is 18.3. The number of likely N-dealkylation sites (N-methyl/N-ethyl adjacent to an activating group) is 1. The Labute approximate surface area is 179 Å². The second-order valence-corrected chi connectivity index (χ2v) is 9.70. The van der Waals surface area contributed by atoms with Crippen molar-refractivity contribution in [2.45, 2.75) is 18.7 Å². The van der Waals surface area contributed by atoms with Gasteiger partial charge in [0, 0.05) is 28.2 Å². The predicted octanol–water partition coefficient (Wildman–Crippen LogP) is 4.42. The van der Waals surface area contributed by atoms with Crippen LogP contribution in [0.25, 0.3) is 11.3 Å². The minimum absolute atomic E-state index is 0.0949. The highest BCUT2D eigenvalue weighted by atomic mass is 35.5. The summed E-state index contributed by atoms with van der Waals surface area (Å²) in [6, 6.07) is 13.2.